The van der Waals surface area contributed by atoms with E-state index in [4.69, 9.17) is 18.0 Å². The maximum Gasteiger partial charge on any atom is 0.233 e. The molecule has 0 aromatic heterocycles. The van der Waals surface area contributed by atoms with E-state index in [1.165, 1.54) is 6.42 Å². The zero-order valence-electron chi connectivity index (χ0n) is 10.6. The number of rotatable bonds is 5. The summed E-state index contributed by atoms with van der Waals surface area (Å²) in [5.74, 6) is 0.0330. The number of hydrogen-bond donors (Lipinski definition) is 2. The minimum atomic E-state index is -0.578. The van der Waals surface area contributed by atoms with Gasteiger partial charge in [0, 0.05) is 11.8 Å². The van der Waals surface area contributed by atoms with E-state index in [2.05, 4.69) is 12.2 Å². The molecule has 0 heterocycles. The number of hydrogen-bond acceptors (Lipinski definition) is 3. The van der Waals surface area contributed by atoms with Gasteiger partial charge in [0.15, 0.2) is 0 Å². The first-order chi connectivity index (χ1) is 8.03. The third-order valence-electron chi connectivity index (χ3n) is 3.57. The summed E-state index contributed by atoms with van der Waals surface area (Å²) in [6, 6.07) is 0. The third kappa shape index (κ3) is 3.58. The molecule has 0 saturated heterocycles. The Kier molecular flexibility index (Phi) is 5.73. The SMILES string of the molecule is CSC(C)CNC(=O)C1(C(N)=S)CCCCC1. The fraction of sp³-hybridized carbons (Fsp3) is 0.833. The molecule has 0 spiro atoms. The summed E-state index contributed by atoms with van der Waals surface area (Å²) in [7, 11) is 0. The van der Waals surface area contributed by atoms with Gasteiger partial charge < -0.3 is 11.1 Å². The number of nitrogens with two attached hydrogens (primary N) is 1. The van der Waals surface area contributed by atoms with Crippen molar-refractivity contribution in [2.45, 2.75) is 44.3 Å². The Morgan fingerprint density at radius 2 is 2.06 bits per heavy atom. The third-order valence-corrected chi connectivity index (χ3v) is 4.93. The molecule has 5 heteroatoms. The van der Waals surface area contributed by atoms with E-state index in [1.54, 1.807) is 11.8 Å². The average Bonchev–Trinajstić information content (AvgIpc) is 2.35. The quantitative estimate of drug-likeness (QED) is 0.754. The predicted molar refractivity (Wildman–Crippen MR) is 78.3 cm³/mol. The molecule has 1 aliphatic carbocycles. The van der Waals surface area contributed by atoms with Crippen LogP contribution in [-0.2, 0) is 4.79 Å². The lowest BCUT2D eigenvalue weighted by molar-refractivity contribution is -0.128. The van der Waals surface area contributed by atoms with Gasteiger partial charge in [0.05, 0.1) is 10.4 Å². The summed E-state index contributed by atoms with van der Waals surface area (Å²) in [6.45, 7) is 2.78. The first kappa shape index (κ1) is 14.8. The summed E-state index contributed by atoms with van der Waals surface area (Å²) in [5.41, 5.74) is 5.23. The maximum atomic E-state index is 12.3. The Balaban J connectivity index is 2.64. The molecule has 1 unspecified atom stereocenters. The van der Waals surface area contributed by atoms with Crippen LogP contribution in [0.4, 0.5) is 0 Å². The van der Waals surface area contributed by atoms with Gasteiger partial charge in [0.2, 0.25) is 5.91 Å². The van der Waals surface area contributed by atoms with Crippen LogP contribution in [0.15, 0.2) is 0 Å². The van der Waals surface area contributed by atoms with Gasteiger partial charge in [-0.15, -0.1) is 0 Å². The number of thiocarbonyl (C=S) groups is 1. The van der Waals surface area contributed by atoms with Gasteiger partial charge in [0.1, 0.15) is 0 Å². The highest BCUT2D eigenvalue weighted by atomic mass is 32.2. The molecular formula is C12H22N2OS2. The van der Waals surface area contributed by atoms with Crippen LogP contribution in [0, 0.1) is 5.41 Å². The van der Waals surface area contributed by atoms with Crippen molar-refractivity contribution in [3.8, 4) is 0 Å². The van der Waals surface area contributed by atoms with Crippen LogP contribution in [0.2, 0.25) is 0 Å². The molecule has 0 aromatic carbocycles. The van der Waals surface area contributed by atoms with Crippen molar-refractivity contribution < 1.29 is 4.79 Å². The molecular weight excluding hydrogens is 252 g/mol. The Hall–Kier alpha value is -0.290. The number of carbonyl (C=O) groups is 1. The first-order valence-electron chi connectivity index (χ1n) is 6.14. The average molecular weight is 274 g/mol. The van der Waals surface area contributed by atoms with Crippen LogP contribution in [0.1, 0.15) is 39.0 Å². The van der Waals surface area contributed by atoms with Crippen molar-refractivity contribution in [2.24, 2.45) is 11.1 Å². The van der Waals surface area contributed by atoms with Crippen molar-refractivity contribution in [1.82, 2.24) is 5.32 Å². The van der Waals surface area contributed by atoms with Crippen molar-refractivity contribution in [3.05, 3.63) is 0 Å². The highest BCUT2D eigenvalue weighted by Crippen LogP contribution is 2.36. The molecule has 0 aromatic rings. The minimum absolute atomic E-state index is 0.0330. The van der Waals surface area contributed by atoms with Crippen LogP contribution in [-0.4, -0.2) is 28.9 Å². The van der Waals surface area contributed by atoms with Crippen LogP contribution in [0.3, 0.4) is 0 Å². The fourth-order valence-electron chi connectivity index (χ4n) is 2.23. The van der Waals surface area contributed by atoms with Crippen molar-refractivity contribution in [1.29, 1.82) is 0 Å². The lowest BCUT2D eigenvalue weighted by Gasteiger charge is -2.35. The van der Waals surface area contributed by atoms with Gasteiger partial charge in [-0.2, -0.15) is 11.8 Å². The molecule has 0 bridgehead atoms. The van der Waals surface area contributed by atoms with Crippen LogP contribution >= 0.6 is 24.0 Å². The topological polar surface area (TPSA) is 55.1 Å². The molecule has 3 nitrogen and oxygen atoms in total. The van der Waals surface area contributed by atoms with E-state index in [0.29, 0.717) is 16.8 Å². The van der Waals surface area contributed by atoms with Gasteiger partial charge in [-0.25, -0.2) is 0 Å². The van der Waals surface area contributed by atoms with Crippen molar-refractivity contribution in [2.75, 3.05) is 12.8 Å². The van der Waals surface area contributed by atoms with E-state index in [9.17, 15) is 4.79 Å². The fourth-order valence-corrected chi connectivity index (χ4v) is 2.78. The zero-order chi connectivity index (χ0) is 12.9. The molecule has 3 N–H and O–H groups in total. The molecule has 1 aliphatic rings. The van der Waals surface area contributed by atoms with Gasteiger partial charge in [-0.1, -0.05) is 38.4 Å². The summed E-state index contributed by atoms with van der Waals surface area (Å²) >= 11 is 6.87. The zero-order valence-corrected chi connectivity index (χ0v) is 12.3. The molecule has 1 rings (SSSR count). The highest BCUT2D eigenvalue weighted by Gasteiger charge is 2.42. The van der Waals surface area contributed by atoms with Crippen molar-refractivity contribution >= 4 is 34.9 Å². The van der Waals surface area contributed by atoms with E-state index in [1.807, 2.05) is 6.26 Å². The second kappa shape index (κ2) is 6.59. The molecule has 0 aliphatic heterocycles. The Labute approximate surface area is 113 Å². The Morgan fingerprint density at radius 1 is 1.47 bits per heavy atom. The maximum absolute atomic E-state index is 12.3. The molecule has 17 heavy (non-hydrogen) atoms. The molecule has 98 valence electrons. The van der Waals surface area contributed by atoms with Gasteiger partial charge >= 0.3 is 0 Å². The predicted octanol–water partition coefficient (Wildman–Crippen LogP) is 2.09. The number of carbonyl (C=O) groups excluding carboxylic acids is 1. The summed E-state index contributed by atoms with van der Waals surface area (Å²) in [5, 5.41) is 3.42. The molecule has 1 fully saturated rings. The van der Waals surface area contributed by atoms with E-state index < -0.39 is 5.41 Å². The number of thioether (sulfide) groups is 1. The standard InChI is InChI=1S/C12H22N2OS2/c1-9(17-2)8-14-11(15)12(10(13)16)6-4-3-5-7-12/h9H,3-8H2,1-2H3,(H2,13,16)(H,14,15). The Morgan fingerprint density at radius 3 is 2.53 bits per heavy atom. The monoisotopic (exact) mass is 274 g/mol. The molecule has 1 amide bonds. The number of amides is 1. The molecule has 0 radical (unpaired) electrons. The normalized spacial score (nSPS) is 20.6. The van der Waals surface area contributed by atoms with E-state index in [0.717, 1.165) is 25.7 Å². The second-order valence-corrected chi connectivity index (χ2v) is 6.48. The van der Waals surface area contributed by atoms with Gasteiger partial charge in [0.25, 0.3) is 0 Å². The van der Waals surface area contributed by atoms with Crippen LogP contribution in [0.5, 0.6) is 0 Å². The lowest BCUT2D eigenvalue weighted by Crippen LogP contribution is -2.51. The summed E-state index contributed by atoms with van der Waals surface area (Å²) < 4.78 is 0. The highest BCUT2D eigenvalue weighted by molar-refractivity contribution is 7.99. The first-order valence-corrected chi connectivity index (χ1v) is 7.83. The molecule has 1 saturated carbocycles. The van der Waals surface area contributed by atoms with E-state index in [-0.39, 0.29) is 5.91 Å². The van der Waals surface area contributed by atoms with Crippen LogP contribution in [0.25, 0.3) is 0 Å². The molecule has 1 atom stereocenters. The number of nitrogens with one attached hydrogen (secondary N) is 1. The second-order valence-electron chi connectivity index (χ2n) is 4.76. The summed E-state index contributed by atoms with van der Waals surface area (Å²) in [6.07, 6.45) is 6.93. The Bertz CT molecular complexity index is 288. The minimum Gasteiger partial charge on any atom is -0.392 e. The van der Waals surface area contributed by atoms with Gasteiger partial charge in [-0.3, -0.25) is 4.79 Å². The largest absolute Gasteiger partial charge is 0.392 e. The van der Waals surface area contributed by atoms with Gasteiger partial charge in [-0.05, 0) is 19.1 Å². The van der Waals surface area contributed by atoms with E-state index >= 15 is 0 Å². The lowest BCUT2D eigenvalue weighted by atomic mass is 9.73. The van der Waals surface area contributed by atoms with Crippen LogP contribution < -0.4 is 11.1 Å². The smallest absolute Gasteiger partial charge is 0.233 e. The van der Waals surface area contributed by atoms with Crippen molar-refractivity contribution in [3.63, 3.8) is 0 Å². The summed E-state index contributed by atoms with van der Waals surface area (Å²) in [4.78, 5) is 12.7.